The minimum absolute atomic E-state index is 0.149. The van der Waals surface area contributed by atoms with Crippen molar-refractivity contribution in [2.75, 3.05) is 19.6 Å². The molecule has 27 heavy (non-hydrogen) atoms. The van der Waals surface area contributed by atoms with Crippen LogP contribution in [0.15, 0.2) is 24.4 Å². The van der Waals surface area contributed by atoms with E-state index < -0.39 is 0 Å². The number of piperidine rings is 1. The Labute approximate surface area is 158 Å². The molecule has 0 bridgehead atoms. The second kappa shape index (κ2) is 7.52. The highest BCUT2D eigenvalue weighted by Crippen LogP contribution is 2.22. The number of amides is 1. The average Bonchev–Trinajstić information content (AvgIpc) is 3.27. The molecule has 1 amide bonds. The first-order valence-electron chi connectivity index (χ1n) is 9.61. The van der Waals surface area contributed by atoms with Crippen molar-refractivity contribution in [1.82, 2.24) is 30.6 Å². The standard InChI is InChI=1S/C20H26N6O/c1-13-4-3-5-17-18(13)15(12-23-17)6-11-22-20(27)19-14(2)26(25-24-19)16-7-9-21-10-8-16/h3-5,12,16,21,23H,6-11H2,1-2H3,(H,22,27). The molecule has 1 aliphatic rings. The summed E-state index contributed by atoms with van der Waals surface area (Å²) < 4.78 is 1.92. The van der Waals surface area contributed by atoms with E-state index in [-0.39, 0.29) is 5.91 Å². The molecule has 0 unspecified atom stereocenters. The Morgan fingerprint density at radius 2 is 2.11 bits per heavy atom. The fourth-order valence-electron chi connectivity index (χ4n) is 3.99. The Balaban J connectivity index is 1.40. The number of carbonyl (C=O) groups is 1. The van der Waals surface area contributed by atoms with Gasteiger partial charge in [-0.15, -0.1) is 5.10 Å². The van der Waals surface area contributed by atoms with Crippen LogP contribution in [0.3, 0.4) is 0 Å². The second-order valence-corrected chi connectivity index (χ2v) is 7.27. The van der Waals surface area contributed by atoms with E-state index in [4.69, 9.17) is 0 Å². The number of aromatic amines is 1. The number of aryl methyl sites for hydroxylation is 1. The van der Waals surface area contributed by atoms with Crippen LogP contribution in [0.1, 0.15) is 46.2 Å². The largest absolute Gasteiger partial charge is 0.361 e. The fraction of sp³-hybridized carbons (Fsp3) is 0.450. The number of aromatic nitrogens is 4. The molecule has 1 aliphatic heterocycles. The zero-order valence-electron chi connectivity index (χ0n) is 15.9. The van der Waals surface area contributed by atoms with Gasteiger partial charge in [-0.1, -0.05) is 17.3 Å². The number of hydrogen-bond acceptors (Lipinski definition) is 4. The molecule has 3 aromatic rings. The van der Waals surface area contributed by atoms with Crippen LogP contribution in [0.2, 0.25) is 0 Å². The molecule has 7 heteroatoms. The van der Waals surface area contributed by atoms with Gasteiger partial charge >= 0.3 is 0 Å². The van der Waals surface area contributed by atoms with E-state index in [0.29, 0.717) is 18.3 Å². The van der Waals surface area contributed by atoms with E-state index >= 15 is 0 Å². The van der Waals surface area contributed by atoms with E-state index in [0.717, 1.165) is 43.6 Å². The lowest BCUT2D eigenvalue weighted by Crippen LogP contribution is -2.30. The number of hydrogen-bond donors (Lipinski definition) is 3. The minimum Gasteiger partial charge on any atom is -0.361 e. The van der Waals surface area contributed by atoms with E-state index in [2.05, 4.69) is 45.0 Å². The molecule has 1 aromatic carbocycles. The van der Waals surface area contributed by atoms with Crippen molar-refractivity contribution < 1.29 is 4.79 Å². The Morgan fingerprint density at radius 1 is 1.30 bits per heavy atom. The smallest absolute Gasteiger partial charge is 0.273 e. The number of nitrogens with one attached hydrogen (secondary N) is 3. The normalized spacial score (nSPS) is 15.3. The lowest BCUT2D eigenvalue weighted by Gasteiger charge is -2.23. The van der Waals surface area contributed by atoms with Gasteiger partial charge in [-0.2, -0.15) is 0 Å². The summed E-state index contributed by atoms with van der Waals surface area (Å²) in [6.07, 6.45) is 4.84. The topological polar surface area (TPSA) is 87.6 Å². The van der Waals surface area contributed by atoms with Crippen LogP contribution in [-0.2, 0) is 6.42 Å². The van der Waals surface area contributed by atoms with E-state index in [1.807, 2.05) is 23.9 Å². The van der Waals surface area contributed by atoms with Gasteiger partial charge in [0.25, 0.3) is 5.91 Å². The highest BCUT2D eigenvalue weighted by atomic mass is 16.2. The van der Waals surface area contributed by atoms with Crippen molar-refractivity contribution in [2.45, 2.75) is 39.2 Å². The maximum absolute atomic E-state index is 12.6. The van der Waals surface area contributed by atoms with Crippen molar-refractivity contribution in [3.63, 3.8) is 0 Å². The summed E-state index contributed by atoms with van der Waals surface area (Å²) >= 11 is 0. The Kier molecular flexibility index (Phi) is 4.94. The van der Waals surface area contributed by atoms with Gasteiger partial charge in [0.05, 0.1) is 11.7 Å². The van der Waals surface area contributed by atoms with Crippen LogP contribution in [0.25, 0.3) is 10.9 Å². The van der Waals surface area contributed by atoms with Gasteiger partial charge in [0.2, 0.25) is 0 Å². The highest BCUT2D eigenvalue weighted by Gasteiger charge is 2.22. The van der Waals surface area contributed by atoms with Gasteiger partial charge in [-0.05, 0) is 63.4 Å². The fourth-order valence-corrected chi connectivity index (χ4v) is 3.99. The maximum Gasteiger partial charge on any atom is 0.273 e. The van der Waals surface area contributed by atoms with Crippen LogP contribution in [0.4, 0.5) is 0 Å². The molecule has 1 fully saturated rings. The molecule has 142 valence electrons. The zero-order chi connectivity index (χ0) is 18.8. The van der Waals surface area contributed by atoms with Crippen molar-refractivity contribution in [2.24, 2.45) is 0 Å². The molecule has 0 atom stereocenters. The zero-order valence-corrected chi connectivity index (χ0v) is 15.9. The first kappa shape index (κ1) is 17.7. The summed E-state index contributed by atoms with van der Waals surface area (Å²) in [4.78, 5) is 15.9. The molecule has 0 radical (unpaired) electrons. The van der Waals surface area contributed by atoms with E-state index in [1.54, 1.807) is 0 Å². The van der Waals surface area contributed by atoms with Crippen molar-refractivity contribution in [1.29, 1.82) is 0 Å². The summed E-state index contributed by atoms with van der Waals surface area (Å²) in [5.74, 6) is -0.149. The average molecular weight is 366 g/mol. The van der Waals surface area contributed by atoms with Crippen molar-refractivity contribution >= 4 is 16.8 Å². The summed E-state index contributed by atoms with van der Waals surface area (Å²) in [6.45, 7) is 6.57. The number of fused-ring (bicyclic) bond motifs is 1. The van der Waals surface area contributed by atoms with Crippen LogP contribution in [-0.4, -0.2) is 45.5 Å². The third-order valence-corrected chi connectivity index (χ3v) is 5.47. The first-order chi connectivity index (χ1) is 13.1. The number of rotatable bonds is 5. The summed E-state index contributed by atoms with van der Waals surface area (Å²) in [6, 6.07) is 6.57. The van der Waals surface area contributed by atoms with Gasteiger partial charge in [0.15, 0.2) is 5.69 Å². The van der Waals surface area contributed by atoms with E-state index in [9.17, 15) is 4.79 Å². The van der Waals surface area contributed by atoms with Crippen molar-refractivity contribution in [3.05, 3.63) is 46.9 Å². The summed E-state index contributed by atoms with van der Waals surface area (Å²) in [7, 11) is 0. The molecular weight excluding hydrogens is 340 g/mol. The van der Waals surface area contributed by atoms with Gasteiger partial charge in [0.1, 0.15) is 0 Å². The van der Waals surface area contributed by atoms with Gasteiger partial charge in [-0.3, -0.25) is 4.79 Å². The molecule has 3 heterocycles. The molecule has 0 saturated carbocycles. The van der Waals surface area contributed by atoms with E-state index in [1.165, 1.54) is 16.5 Å². The predicted octanol–water partition coefficient (Wildman–Crippen LogP) is 2.27. The van der Waals surface area contributed by atoms with Crippen LogP contribution >= 0.6 is 0 Å². The van der Waals surface area contributed by atoms with Crippen LogP contribution in [0.5, 0.6) is 0 Å². The first-order valence-corrected chi connectivity index (χ1v) is 9.61. The molecule has 7 nitrogen and oxygen atoms in total. The molecule has 0 spiro atoms. The quantitative estimate of drug-likeness (QED) is 0.646. The number of benzene rings is 1. The molecule has 3 N–H and O–H groups in total. The molecular formula is C20H26N6O. The van der Waals surface area contributed by atoms with Crippen molar-refractivity contribution in [3.8, 4) is 0 Å². The number of nitrogens with zero attached hydrogens (tertiary/aromatic N) is 3. The number of H-pyrrole nitrogens is 1. The lowest BCUT2D eigenvalue weighted by molar-refractivity contribution is 0.0948. The predicted molar refractivity (Wildman–Crippen MR) is 105 cm³/mol. The Hall–Kier alpha value is -2.67. The SMILES string of the molecule is Cc1cccc2[nH]cc(CCNC(=O)c3nnn(C4CCNCC4)c3C)c12. The lowest BCUT2D eigenvalue weighted by atomic mass is 10.1. The maximum atomic E-state index is 12.6. The van der Waals surface area contributed by atoms with Gasteiger partial charge < -0.3 is 15.6 Å². The Morgan fingerprint density at radius 3 is 2.93 bits per heavy atom. The molecule has 4 rings (SSSR count). The monoisotopic (exact) mass is 366 g/mol. The third-order valence-electron chi connectivity index (χ3n) is 5.47. The summed E-state index contributed by atoms with van der Waals surface area (Å²) in [5.41, 5.74) is 4.89. The summed E-state index contributed by atoms with van der Waals surface area (Å²) in [5, 5.41) is 16.0. The van der Waals surface area contributed by atoms with Crippen LogP contribution < -0.4 is 10.6 Å². The molecule has 1 saturated heterocycles. The minimum atomic E-state index is -0.149. The highest BCUT2D eigenvalue weighted by molar-refractivity contribution is 5.93. The number of carbonyl (C=O) groups excluding carboxylic acids is 1. The van der Waals surface area contributed by atoms with Gasteiger partial charge in [0, 0.05) is 23.6 Å². The molecule has 0 aliphatic carbocycles. The van der Waals surface area contributed by atoms with Gasteiger partial charge in [-0.25, -0.2) is 4.68 Å². The molecule has 2 aromatic heterocycles. The third kappa shape index (κ3) is 3.47. The Bertz CT molecular complexity index is 951. The van der Waals surface area contributed by atoms with Crippen LogP contribution in [0, 0.1) is 13.8 Å². The second-order valence-electron chi connectivity index (χ2n) is 7.27.